The molecule has 0 heterocycles. The van der Waals surface area contributed by atoms with E-state index in [1.807, 2.05) is 0 Å². The molecule has 3 nitrogen and oxygen atoms in total. The van der Waals surface area contributed by atoms with Crippen LogP contribution in [0.1, 0.15) is 26.3 Å². The molecule has 1 atom stereocenters. The standard InChI is InChI=1S/C14H17F2NO2/c1-9(2)12(16)13(18)17-8-14(3,19)10-4-6-11(15)7-5-10/h4-7,19H,8H2,1-3H3,(H,17,18). The van der Waals surface area contributed by atoms with Gasteiger partial charge in [0.15, 0.2) is 5.83 Å². The van der Waals surface area contributed by atoms with E-state index in [0.717, 1.165) is 0 Å². The van der Waals surface area contributed by atoms with Crippen molar-refractivity contribution in [3.8, 4) is 0 Å². The fourth-order valence-corrected chi connectivity index (χ4v) is 1.47. The molecule has 104 valence electrons. The highest BCUT2D eigenvalue weighted by Crippen LogP contribution is 2.20. The van der Waals surface area contributed by atoms with Crippen molar-refractivity contribution < 1.29 is 18.7 Å². The average Bonchev–Trinajstić information content (AvgIpc) is 2.35. The fourth-order valence-electron chi connectivity index (χ4n) is 1.47. The van der Waals surface area contributed by atoms with Gasteiger partial charge in [0, 0.05) is 0 Å². The fraction of sp³-hybridized carbons (Fsp3) is 0.357. The molecule has 0 saturated heterocycles. The maximum Gasteiger partial charge on any atom is 0.280 e. The Kier molecular flexibility index (Phi) is 4.78. The number of rotatable bonds is 4. The summed E-state index contributed by atoms with van der Waals surface area (Å²) in [5, 5.41) is 12.5. The number of halogens is 2. The molecule has 1 unspecified atom stereocenters. The number of allylic oxidation sites excluding steroid dienone is 1. The van der Waals surface area contributed by atoms with E-state index in [-0.39, 0.29) is 12.1 Å². The molecule has 1 rings (SSSR count). The van der Waals surface area contributed by atoms with Gasteiger partial charge >= 0.3 is 0 Å². The maximum absolute atomic E-state index is 13.3. The van der Waals surface area contributed by atoms with Crippen LogP contribution in [0.15, 0.2) is 35.7 Å². The zero-order valence-corrected chi connectivity index (χ0v) is 11.1. The van der Waals surface area contributed by atoms with Crippen molar-refractivity contribution in [2.24, 2.45) is 0 Å². The van der Waals surface area contributed by atoms with Crippen LogP contribution in [0.3, 0.4) is 0 Å². The van der Waals surface area contributed by atoms with E-state index in [1.165, 1.54) is 45.0 Å². The lowest BCUT2D eigenvalue weighted by molar-refractivity contribution is -0.120. The van der Waals surface area contributed by atoms with Gasteiger partial charge in [0.2, 0.25) is 0 Å². The van der Waals surface area contributed by atoms with Crippen LogP contribution in [0.5, 0.6) is 0 Å². The van der Waals surface area contributed by atoms with Crippen molar-refractivity contribution in [2.45, 2.75) is 26.4 Å². The predicted octanol–water partition coefficient (Wildman–Crippen LogP) is 2.41. The predicted molar refractivity (Wildman–Crippen MR) is 68.5 cm³/mol. The van der Waals surface area contributed by atoms with Crippen LogP contribution < -0.4 is 5.32 Å². The topological polar surface area (TPSA) is 49.3 Å². The van der Waals surface area contributed by atoms with Crippen molar-refractivity contribution >= 4 is 5.91 Å². The van der Waals surface area contributed by atoms with Gasteiger partial charge in [0.1, 0.15) is 11.4 Å². The van der Waals surface area contributed by atoms with E-state index in [4.69, 9.17) is 0 Å². The van der Waals surface area contributed by atoms with Gasteiger partial charge < -0.3 is 10.4 Å². The summed E-state index contributed by atoms with van der Waals surface area (Å²) >= 11 is 0. The normalized spacial score (nSPS) is 13.6. The number of aliphatic hydroxyl groups is 1. The summed E-state index contributed by atoms with van der Waals surface area (Å²) in [7, 11) is 0. The van der Waals surface area contributed by atoms with E-state index < -0.39 is 23.2 Å². The average molecular weight is 269 g/mol. The van der Waals surface area contributed by atoms with E-state index in [0.29, 0.717) is 5.56 Å². The molecule has 2 N–H and O–H groups in total. The second kappa shape index (κ2) is 5.93. The third-order valence-electron chi connectivity index (χ3n) is 2.70. The summed E-state index contributed by atoms with van der Waals surface area (Å²) in [6.45, 7) is 4.25. The van der Waals surface area contributed by atoms with Crippen LogP contribution in [-0.2, 0) is 10.4 Å². The number of carbonyl (C=O) groups is 1. The summed E-state index contributed by atoms with van der Waals surface area (Å²) in [5.74, 6) is -2.16. The van der Waals surface area contributed by atoms with Gasteiger partial charge in [-0.2, -0.15) is 0 Å². The molecule has 0 saturated carbocycles. The lowest BCUT2D eigenvalue weighted by Gasteiger charge is -2.24. The minimum absolute atomic E-state index is 0.168. The molecule has 0 aliphatic carbocycles. The van der Waals surface area contributed by atoms with E-state index in [9.17, 15) is 18.7 Å². The highest BCUT2D eigenvalue weighted by Gasteiger charge is 2.24. The van der Waals surface area contributed by atoms with Gasteiger partial charge in [-0.1, -0.05) is 12.1 Å². The Hall–Kier alpha value is -1.75. The molecule has 5 heteroatoms. The van der Waals surface area contributed by atoms with Crippen molar-refractivity contribution in [2.75, 3.05) is 6.54 Å². The summed E-state index contributed by atoms with van der Waals surface area (Å²) in [6, 6.07) is 5.25. The van der Waals surface area contributed by atoms with Gasteiger partial charge in [0.25, 0.3) is 5.91 Å². The number of amides is 1. The number of benzene rings is 1. The smallest absolute Gasteiger partial charge is 0.280 e. The summed E-state index contributed by atoms with van der Waals surface area (Å²) in [5.41, 5.74) is -0.698. The molecule has 1 aromatic carbocycles. The summed E-state index contributed by atoms with van der Waals surface area (Å²) < 4.78 is 26.1. The first-order chi connectivity index (χ1) is 8.74. The molecule has 1 amide bonds. The SMILES string of the molecule is CC(C)=C(F)C(=O)NCC(C)(O)c1ccc(F)cc1. The molecule has 0 radical (unpaired) electrons. The third-order valence-corrected chi connectivity index (χ3v) is 2.70. The first kappa shape index (κ1) is 15.3. The van der Waals surface area contributed by atoms with Crippen LogP contribution in [0, 0.1) is 5.82 Å². The number of carbonyl (C=O) groups excluding carboxylic acids is 1. The molecule has 19 heavy (non-hydrogen) atoms. The van der Waals surface area contributed by atoms with Gasteiger partial charge in [-0.05, 0) is 44.0 Å². The van der Waals surface area contributed by atoms with Crippen LogP contribution in [0.4, 0.5) is 8.78 Å². The lowest BCUT2D eigenvalue weighted by Crippen LogP contribution is -2.38. The lowest BCUT2D eigenvalue weighted by atomic mass is 9.96. The molecule has 0 fully saturated rings. The van der Waals surface area contributed by atoms with Gasteiger partial charge in [0.05, 0.1) is 6.54 Å². The maximum atomic E-state index is 13.3. The van der Waals surface area contributed by atoms with Crippen molar-refractivity contribution in [1.29, 1.82) is 0 Å². The molecule has 0 spiro atoms. The molecule has 0 bridgehead atoms. The van der Waals surface area contributed by atoms with Gasteiger partial charge in [-0.3, -0.25) is 4.79 Å². The molecule has 1 aromatic rings. The minimum Gasteiger partial charge on any atom is -0.384 e. The van der Waals surface area contributed by atoms with Crippen molar-refractivity contribution in [3.63, 3.8) is 0 Å². The van der Waals surface area contributed by atoms with Crippen LogP contribution >= 0.6 is 0 Å². The zero-order valence-electron chi connectivity index (χ0n) is 11.1. The van der Waals surface area contributed by atoms with Gasteiger partial charge in [-0.15, -0.1) is 0 Å². The largest absolute Gasteiger partial charge is 0.384 e. The number of hydrogen-bond acceptors (Lipinski definition) is 2. The van der Waals surface area contributed by atoms with E-state index in [2.05, 4.69) is 5.32 Å². The first-order valence-corrected chi connectivity index (χ1v) is 5.83. The Balaban J connectivity index is 2.73. The highest BCUT2D eigenvalue weighted by molar-refractivity contribution is 5.91. The van der Waals surface area contributed by atoms with Crippen molar-refractivity contribution in [3.05, 3.63) is 47.0 Å². The molecular formula is C14H17F2NO2. The van der Waals surface area contributed by atoms with E-state index in [1.54, 1.807) is 0 Å². The zero-order chi connectivity index (χ0) is 14.6. The second-order valence-electron chi connectivity index (χ2n) is 4.78. The summed E-state index contributed by atoms with van der Waals surface area (Å²) in [6.07, 6.45) is 0. The quantitative estimate of drug-likeness (QED) is 0.825. The molecule has 0 aliphatic rings. The molecule has 0 aliphatic heterocycles. The Labute approximate surface area is 110 Å². The minimum atomic E-state index is -1.40. The third kappa shape index (κ3) is 4.13. The molecular weight excluding hydrogens is 252 g/mol. The monoisotopic (exact) mass is 269 g/mol. The van der Waals surface area contributed by atoms with Crippen LogP contribution in [-0.4, -0.2) is 17.6 Å². The second-order valence-corrected chi connectivity index (χ2v) is 4.78. The Bertz CT molecular complexity index is 489. The van der Waals surface area contributed by atoms with Crippen molar-refractivity contribution in [1.82, 2.24) is 5.32 Å². The molecule has 0 aromatic heterocycles. The first-order valence-electron chi connectivity index (χ1n) is 5.83. The van der Waals surface area contributed by atoms with E-state index >= 15 is 0 Å². The highest BCUT2D eigenvalue weighted by atomic mass is 19.1. The Morgan fingerprint density at radius 3 is 2.32 bits per heavy atom. The Morgan fingerprint density at radius 1 is 1.32 bits per heavy atom. The van der Waals surface area contributed by atoms with Crippen LogP contribution in [0.25, 0.3) is 0 Å². The number of hydrogen-bond donors (Lipinski definition) is 2. The number of nitrogens with one attached hydrogen (secondary N) is 1. The van der Waals surface area contributed by atoms with Crippen LogP contribution in [0.2, 0.25) is 0 Å². The summed E-state index contributed by atoms with van der Waals surface area (Å²) in [4.78, 5) is 11.4. The van der Waals surface area contributed by atoms with Gasteiger partial charge in [-0.25, -0.2) is 8.78 Å². The Morgan fingerprint density at radius 2 is 1.84 bits per heavy atom.